The Bertz CT molecular complexity index is 2770. The summed E-state index contributed by atoms with van der Waals surface area (Å²) in [6, 6.07) is 81.6. The molecule has 9 aromatic carbocycles. The highest BCUT2D eigenvalue weighted by atomic mass is 15.1. The van der Waals surface area contributed by atoms with Crippen LogP contribution in [-0.4, -0.2) is 0 Å². The van der Waals surface area contributed by atoms with Gasteiger partial charge in [0.25, 0.3) is 0 Å². The van der Waals surface area contributed by atoms with Crippen molar-refractivity contribution >= 4 is 17.1 Å². The van der Waals surface area contributed by atoms with Gasteiger partial charge in [-0.3, -0.25) is 0 Å². The Balaban J connectivity index is 1.06. The van der Waals surface area contributed by atoms with Crippen LogP contribution in [0.25, 0.3) is 66.8 Å². The molecule has 1 aliphatic rings. The Morgan fingerprint density at radius 2 is 0.655 bits per heavy atom. The number of fused-ring (bicyclic) bond motifs is 3. The Labute approximate surface area is 342 Å². The van der Waals surface area contributed by atoms with E-state index in [0.29, 0.717) is 0 Å². The number of hydrogen-bond donors (Lipinski definition) is 0. The van der Waals surface area contributed by atoms with Crippen molar-refractivity contribution in [3.05, 3.63) is 236 Å². The molecule has 58 heavy (non-hydrogen) atoms. The SMILES string of the molecule is CC1(C)c2ccccc2-c2cccc(-c3cc(-c4ccc(N(c5ccc(-c6ccccc6)cc5)c5ccc(-c6ccccc6)cc5)cc4)ccc3-c3ccccc3)c21. The molecule has 0 N–H and O–H groups in total. The highest BCUT2D eigenvalue weighted by Gasteiger charge is 2.37. The normalized spacial score (nSPS) is 12.4. The summed E-state index contributed by atoms with van der Waals surface area (Å²) >= 11 is 0. The second-order valence-electron chi connectivity index (χ2n) is 15.7. The predicted molar refractivity (Wildman–Crippen MR) is 246 cm³/mol. The van der Waals surface area contributed by atoms with Crippen molar-refractivity contribution in [2.24, 2.45) is 0 Å². The standard InChI is InChI=1S/C57H43N/c1-57(2)55-24-13-12-21-51(55)52-22-14-23-53(56(52)57)54-39-46(31-38-50(54)45-19-10-5-11-20-45)44-29-36-49(37-30-44)58(47-32-25-42(26-33-47)40-15-6-3-7-16-40)48-34-27-43(28-35-48)41-17-8-4-9-18-41/h3-39H,1-2H3. The highest BCUT2D eigenvalue weighted by molar-refractivity contribution is 5.94. The molecule has 1 aliphatic carbocycles. The molecule has 1 heteroatoms. The molecule has 276 valence electrons. The smallest absolute Gasteiger partial charge is 0.0462 e. The first kappa shape index (κ1) is 35.2. The van der Waals surface area contributed by atoms with Crippen LogP contribution in [0.1, 0.15) is 25.0 Å². The molecule has 0 amide bonds. The second-order valence-corrected chi connectivity index (χ2v) is 15.7. The van der Waals surface area contributed by atoms with Gasteiger partial charge in [-0.15, -0.1) is 0 Å². The van der Waals surface area contributed by atoms with Crippen LogP contribution in [0.5, 0.6) is 0 Å². The van der Waals surface area contributed by atoms with Crippen LogP contribution >= 0.6 is 0 Å². The van der Waals surface area contributed by atoms with Gasteiger partial charge in [-0.05, 0) is 120 Å². The van der Waals surface area contributed by atoms with Gasteiger partial charge in [0.05, 0.1) is 0 Å². The topological polar surface area (TPSA) is 3.24 Å². The quantitative estimate of drug-likeness (QED) is 0.150. The molecule has 10 rings (SSSR count). The molecule has 1 nitrogen and oxygen atoms in total. The fourth-order valence-corrected chi connectivity index (χ4v) is 9.01. The first-order chi connectivity index (χ1) is 28.5. The summed E-state index contributed by atoms with van der Waals surface area (Å²) in [5, 5.41) is 0. The maximum absolute atomic E-state index is 2.41. The van der Waals surface area contributed by atoms with Crippen LogP contribution in [-0.2, 0) is 5.41 Å². The molecule has 0 radical (unpaired) electrons. The van der Waals surface area contributed by atoms with Gasteiger partial charge in [-0.2, -0.15) is 0 Å². The van der Waals surface area contributed by atoms with Crippen molar-refractivity contribution in [2.45, 2.75) is 19.3 Å². The largest absolute Gasteiger partial charge is 0.311 e. The molecule has 0 spiro atoms. The third kappa shape index (κ3) is 6.32. The van der Waals surface area contributed by atoms with Gasteiger partial charge in [0.2, 0.25) is 0 Å². The van der Waals surface area contributed by atoms with Crippen molar-refractivity contribution in [1.29, 1.82) is 0 Å². The van der Waals surface area contributed by atoms with E-state index in [2.05, 4.69) is 243 Å². The van der Waals surface area contributed by atoms with E-state index in [1.807, 2.05) is 0 Å². The van der Waals surface area contributed by atoms with Crippen LogP contribution in [0.15, 0.2) is 224 Å². The van der Waals surface area contributed by atoms with Crippen molar-refractivity contribution in [2.75, 3.05) is 4.90 Å². The van der Waals surface area contributed by atoms with E-state index in [0.717, 1.165) is 17.1 Å². The summed E-state index contributed by atoms with van der Waals surface area (Å²) in [5.41, 5.74) is 20.8. The van der Waals surface area contributed by atoms with Crippen LogP contribution in [0.4, 0.5) is 17.1 Å². The fraction of sp³-hybridized carbons (Fsp3) is 0.0526. The van der Waals surface area contributed by atoms with Gasteiger partial charge in [0, 0.05) is 22.5 Å². The van der Waals surface area contributed by atoms with Crippen LogP contribution in [0.3, 0.4) is 0 Å². The molecule has 0 heterocycles. The molecule has 0 bridgehead atoms. The first-order valence-corrected chi connectivity index (χ1v) is 20.2. The highest BCUT2D eigenvalue weighted by Crippen LogP contribution is 2.53. The summed E-state index contributed by atoms with van der Waals surface area (Å²) < 4.78 is 0. The minimum Gasteiger partial charge on any atom is -0.311 e. The number of benzene rings is 9. The second kappa shape index (κ2) is 14.7. The lowest BCUT2D eigenvalue weighted by Gasteiger charge is -2.26. The molecule has 0 aromatic heterocycles. The molecule has 0 saturated carbocycles. The average Bonchev–Trinajstić information content (AvgIpc) is 3.54. The maximum Gasteiger partial charge on any atom is 0.0462 e. The van der Waals surface area contributed by atoms with Crippen molar-refractivity contribution in [3.8, 4) is 66.8 Å². The molecule has 0 aliphatic heterocycles. The number of hydrogen-bond acceptors (Lipinski definition) is 1. The summed E-state index contributed by atoms with van der Waals surface area (Å²) in [4.78, 5) is 2.35. The monoisotopic (exact) mass is 741 g/mol. The minimum absolute atomic E-state index is 0.129. The summed E-state index contributed by atoms with van der Waals surface area (Å²) in [6.45, 7) is 4.75. The van der Waals surface area contributed by atoms with Crippen molar-refractivity contribution in [1.82, 2.24) is 0 Å². The minimum atomic E-state index is -0.129. The molecule has 0 saturated heterocycles. The van der Waals surface area contributed by atoms with Gasteiger partial charge in [0.15, 0.2) is 0 Å². The molecule has 0 atom stereocenters. The fourth-order valence-electron chi connectivity index (χ4n) is 9.01. The zero-order chi connectivity index (χ0) is 39.1. The summed E-state index contributed by atoms with van der Waals surface area (Å²) in [7, 11) is 0. The van der Waals surface area contributed by atoms with Crippen LogP contribution in [0.2, 0.25) is 0 Å². The molecule has 0 fully saturated rings. The van der Waals surface area contributed by atoms with Crippen LogP contribution < -0.4 is 4.90 Å². The van der Waals surface area contributed by atoms with Crippen LogP contribution in [0, 0.1) is 0 Å². The van der Waals surface area contributed by atoms with E-state index < -0.39 is 0 Å². The van der Waals surface area contributed by atoms with Crippen molar-refractivity contribution in [3.63, 3.8) is 0 Å². The number of rotatable bonds is 8. The molecular weight excluding hydrogens is 699 g/mol. The zero-order valence-electron chi connectivity index (χ0n) is 32.8. The van der Waals surface area contributed by atoms with Gasteiger partial charge < -0.3 is 4.90 Å². The van der Waals surface area contributed by atoms with Gasteiger partial charge in [0.1, 0.15) is 0 Å². The summed E-state index contributed by atoms with van der Waals surface area (Å²) in [5.74, 6) is 0. The number of nitrogens with zero attached hydrogens (tertiary/aromatic N) is 1. The average molecular weight is 742 g/mol. The third-order valence-electron chi connectivity index (χ3n) is 11.9. The lowest BCUT2D eigenvalue weighted by Crippen LogP contribution is -2.16. The van der Waals surface area contributed by atoms with Gasteiger partial charge in [-0.25, -0.2) is 0 Å². The lowest BCUT2D eigenvalue weighted by molar-refractivity contribution is 0.662. The van der Waals surface area contributed by atoms with E-state index in [9.17, 15) is 0 Å². The Morgan fingerprint density at radius 3 is 1.17 bits per heavy atom. The van der Waals surface area contributed by atoms with Gasteiger partial charge in [-0.1, -0.05) is 196 Å². The molecular formula is C57H43N. The van der Waals surface area contributed by atoms with E-state index in [1.165, 1.54) is 77.9 Å². The maximum atomic E-state index is 2.41. The predicted octanol–water partition coefficient (Wildman–Crippen LogP) is 15.8. The van der Waals surface area contributed by atoms with Gasteiger partial charge >= 0.3 is 0 Å². The molecule has 9 aromatic rings. The van der Waals surface area contributed by atoms with E-state index in [-0.39, 0.29) is 5.41 Å². The Morgan fingerprint density at radius 1 is 0.276 bits per heavy atom. The third-order valence-corrected chi connectivity index (χ3v) is 11.9. The van der Waals surface area contributed by atoms with E-state index in [1.54, 1.807) is 0 Å². The number of anilines is 3. The summed E-state index contributed by atoms with van der Waals surface area (Å²) in [6.07, 6.45) is 0. The molecule has 0 unspecified atom stereocenters. The Hall–Kier alpha value is -7.22. The Kier molecular flexibility index (Phi) is 8.92. The lowest BCUT2D eigenvalue weighted by atomic mass is 9.77. The zero-order valence-corrected chi connectivity index (χ0v) is 32.8. The van der Waals surface area contributed by atoms with Crippen molar-refractivity contribution < 1.29 is 0 Å². The first-order valence-electron chi connectivity index (χ1n) is 20.2. The van der Waals surface area contributed by atoms with E-state index >= 15 is 0 Å². The van der Waals surface area contributed by atoms with E-state index in [4.69, 9.17) is 0 Å².